The van der Waals surface area contributed by atoms with Gasteiger partial charge in [-0.3, -0.25) is 4.90 Å². The van der Waals surface area contributed by atoms with Crippen molar-refractivity contribution >= 4 is 0 Å². The lowest BCUT2D eigenvalue weighted by Gasteiger charge is -2.16. The van der Waals surface area contributed by atoms with Crippen molar-refractivity contribution in [1.82, 2.24) is 4.90 Å². The Morgan fingerprint density at radius 1 is 1.11 bits per heavy atom. The van der Waals surface area contributed by atoms with Crippen LogP contribution < -0.4 is 9.47 Å². The van der Waals surface area contributed by atoms with E-state index in [2.05, 4.69) is 11.8 Å². The molecule has 0 radical (unpaired) electrons. The number of ether oxygens (including phenoxy) is 2. The molecule has 3 nitrogen and oxygen atoms in total. The number of hydrogen-bond acceptors (Lipinski definition) is 3. The van der Waals surface area contributed by atoms with E-state index in [1.807, 2.05) is 32.0 Å². The molecule has 1 fully saturated rings. The van der Waals surface area contributed by atoms with Crippen LogP contribution in [0.1, 0.15) is 32.3 Å². The smallest absolute Gasteiger partial charge is 0.161 e. The Morgan fingerprint density at radius 2 is 1.79 bits per heavy atom. The first-order valence-corrected chi connectivity index (χ1v) is 7.29. The Bertz CT molecular complexity index is 360. The first kappa shape index (κ1) is 15.8. The van der Waals surface area contributed by atoms with Crippen LogP contribution in [0.15, 0.2) is 18.2 Å². The Labute approximate surface area is 117 Å². The van der Waals surface area contributed by atoms with Gasteiger partial charge in [-0.05, 0) is 50.6 Å². The molecule has 0 aromatic heterocycles. The summed E-state index contributed by atoms with van der Waals surface area (Å²) in [7, 11) is 1.68. The fourth-order valence-corrected chi connectivity index (χ4v) is 2.18. The SMILES string of the molecule is CC.COc1cc(C)ccc1OCCN1CCCC1. The van der Waals surface area contributed by atoms with E-state index in [0.29, 0.717) is 0 Å². The normalized spacial score (nSPS) is 14.7. The van der Waals surface area contributed by atoms with Crippen molar-refractivity contribution in [2.45, 2.75) is 33.6 Å². The van der Waals surface area contributed by atoms with E-state index in [1.54, 1.807) is 7.11 Å². The van der Waals surface area contributed by atoms with Crippen LogP contribution in [0.4, 0.5) is 0 Å². The van der Waals surface area contributed by atoms with Crippen LogP contribution in [0.3, 0.4) is 0 Å². The molecule has 0 unspecified atom stereocenters. The maximum atomic E-state index is 5.78. The molecule has 108 valence electrons. The van der Waals surface area contributed by atoms with Crippen molar-refractivity contribution in [1.29, 1.82) is 0 Å². The first-order valence-electron chi connectivity index (χ1n) is 7.29. The second-order valence-electron chi connectivity index (χ2n) is 4.55. The van der Waals surface area contributed by atoms with Gasteiger partial charge in [-0.25, -0.2) is 0 Å². The van der Waals surface area contributed by atoms with Gasteiger partial charge >= 0.3 is 0 Å². The zero-order chi connectivity index (χ0) is 14.1. The molecule has 19 heavy (non-hydrogen) atoms. The standard InChI is InChI=1S/C14H21NO2.C2H6/c1-12-5-6-13(14(11-12)16-2)17-10-9-15-7-3-4-8-15;1-2/h5-6,11H,3-4,7-10H2,1-2H3;1-2H3. The molecule has 0 aliphatic carbocycles. The number of likely N-dealkylation sites (tertiary alicyclic amines) is 1. The van der Waals surface area contributed by atoms with Crippen molar-refractivity contribution in [3.05, 3.63) is 23.8 Å². The molecule has 2 rings (SSSR count). The highest BCUT2D eigenvalue weighted by Crippen LogP contribution is 2.27. The zero-order valence-electron chi connectivity index (χ0n) is 12.7. The third kappa shape index (κ3) is 5.11. The van der Waals surface area contributed by atoms with E-state index in [4.69, 9.17) is 9.47 Å². The third-order valence-electron chi connectivity index (χ3n) is 3.18. The third-order valence-corrected chi connectivity index (χ3v) is 3.18. The molecule has 1 aliphatic heterocycles. The Kier molecular flexibility index (Phi) is 7.34. The van der Waals surface area contributed by atoms with E-state index < -0.39 is 0 Å². The molecule has 0 bridgehead atoms. The molecule has 0 atom stereocenters. The summed E-state index contributed by atoms with van der Waals surface area (Å²) < 4.78 is 11.1. The lowest BCUT2D eigenvalue weighted by atomic mass is 10.2. The molecule has 0 N–H and O–H groups in total. The van der Waals surface area contributed by atoms with Gasteiger partial charge in [0.1, 0.15) is 6.61 Å². The summed E-state index contributed by atoms with van der Waals surface area (Å²) in [4.78, 5) is 2.45. The van der Waals surface area contributed by atoms with Crippen LogP contribution in [0.2, 0.25) is 0 Å². The zero-order valence-corrected chi connectivity index (χ0v) is 12.7. The second-order valence-corrected chi connectivity index (χ2v) is 4.55. The summed E-state index contributed by atoms with van der Waals surface area (Å²) in [6, 6.07) is 6.04. The van der Waals surface area contributed by atoms with Crippen LogP contribution in [0, 0.1) is 6.92 Å². The van der Waals surface area contributed by atoms with Crippen LogP contribution in [0.5, 0.6) is 11.5 Å². The minimum Gasteiger partial charge on any atom is -0.493 e. The maximum absolute atomic E-state index is 5.78. The molecule has 1 saturated heterocycles. The molecule has 1 aliphatic rings. The van der Waals surface area contributed by atoms with Gasteiger partial charge in [0.15, 0.2) is 11.5 Å². The largest absolute Gasteiger partial charge is 0.493 e. The summed E-state index contributed by atoms with van der Waals surface area (Å²) in [6.07, 6.45) is 2.65. The monoisotopic (exact) mass is 265 g/mol. The summed E-state index contributed by atoms with van der Waals surface area (Å²) in [5.74, 6) is 1.67. The van der Waals surface area contributed by atoms with Gasteiger partial charge < -0.3 is 9.47 Å². The highest BCUT2D eigenvalue weighted by molar-refractivity contribution is 5.42. The minimum absolute atomic E-state index is 0.736. The van der Waals surface area contributed by atoms with Crippen LogP contribution in [0.25, 0.3) is 0 Å². The summed E-state index contributed by atoms with van der Waals surface area (Å²) in [5.41, 5.74) is 1.19. The predicted octanol–water partition coefficient (Wildman–Crippen LogP) is 3.50. The Balaban J connectivity index is 0.000000861. The van der Waals surface area contributed by atoms with Crippen LogP contribution >= 0.6 is 0 Å². The highest BCUT2D eigenvalue weighted by Gasteiger charge is 2.11. The van der Waals surface area contributed by atoms with E-state index in [9.17, 15) is 0 Å². The van der Waals surface area contributed by atoms with Crippen molar-refractivity contribution < 1.29 is 9.47 Å². The maximum Gasteiger partial charge on any atom is 0.161 e. The molecule has 0 amide bonds. The molecule has 3 heteroatoms. The average Bonchev–Trinajstić information content (AvgIpc) is 2.96. The first-order chi connectivity index (χ1) is 9.29. The molecule has 1 aromatic rings. The van der Waals surface area contributed by atoms with Gasteiger partial charge in [-0.1, -0.05) is 19.9 Å². The lowest BCUT2D eigenvalue weighted by Crippen LogP contribution is -2.25. The number of hydrogen-bond donors (Lipinski definition) is 0. The highest BCUT2D eigenvalue weighted by atomic mass is 16.5. The fraction of sp³-hybridized carbons (Fsp3) is 0.625. The van der Waals surface area contributed by atoms with Crippen molar-refractivity contribution in [3.63, 3.8) is 0 Å². The second kappa shape index (κ2) is 8.81. The van der Waals surface area contributed by atoms with Gasteiger partial charge in [-0.2, -0.15) is 0 Å². The summed E-state index contributed by atoms with van der Waals surface area (Å²) in [6.45, 7) is 10.2. The van der Waals surface area contributed by atoms with Gasteiger partial charge in [0, 0.05) is 6.54 Å². The summed E-state index contributed by atoms with van der Waals surface area (Å²) >= 11 is 0. The molecule has 0 saturated carbocycles. The average molecular weight is 265 g/mol. The molecular weight excluding hydrogens is 238 g/mol. The van der Waals surface area contributed by atoms with E-state index in [-0.39, 0.29) is 0 Å². The van der Waals surface area contributed by atoms with E-state index in [0.717, 1.165) is 24.7 Å². The number of aryl methyl sites for hydroxylation is 1. The Morgan fingerprint density at radius 3 is 2.42 bits per heavy atom. The number of rotatable bonds is 5. The predicted molar refractivity (Wildman–Crippen MR) is 80.2 cm³/mol. The molecule has 1 heterocycles. The van der Waals surface area contributed by atoms with Gasteiger partial charge in [0.25, 0.3) is 0 Å². The lowest BCUT2D eigenvalue weighted by molar-refractivity contribution is 0.230. The number of nitrogens with zero attached hydrogens (tertiary/aromatic N) is 1. The van der Waals surface area contributed by atoms with Crippen molar-refractivity contribution in [3.8, 4) is 11.5 Å². The number of benzene rings is 1. The van der Waals surface area contributed by atoms with Gasteiger partial charge in [-0.15, -0.1) is 0 Å². The van der Waals surface area contributed by atoms with E-state index >= 15 is 0 Å². The van der Waals surface area contributed by atoms with Crippen molar-refractivity contribution in [2.24, 2.45) is 0 Å². The van der Waals surface area contributed by atoms with Crippen LogP contribution in [-0.2, 0) is 0 Å². The number of methoxy groups -OCH3 is 1. The summed E-state index contributed by atoms with van der Waals surface area (Å²) in [5, 5.41) is 0. The quantitative estimate of drug-likeness (QED) is 0.813. The minimum atomic E-state index is 0.736. The molecular formula is C16H27NO2. The molecule has 1 aromatic carbocycles. The van der Waals surface area contributed by atoms with Gasteiger partial charge in [0.2, 0.25) is 0 Å². The fourth-order valence-electron chi connectivity index (χ4n) is 2.18. The van der Waals surface area contributed by atoms with Gasteiger partial charge in [0.05, 0.1) is 7.11 Å². The molecule has 0 spiro atoms. The van der Waals surface area contributed by atoms with E-state index in [1.165, 1.54) is 31.5 Å². The van der Waals surface area contributed by atoms with Crippen LogP contribution in [-0.4, -0.2) is 38.3 Å². The van der Waals surface area contributed by atoms with Crippen molar-refractivity contribution in [2.75, 3.05) is 33.4 Å². The Hall–Kier alpha value is -1.22. The topological polar surface area (TPSA) is 21.7 Å².